The van der Waals surface area contributed by atoms with E-state index < -0.39 is 12.1 Å². The summed E-state index contributed by atoms with van der Waals surface area (Å²) in [5, 5.41) is 20.0. The van der Waals surface area contributed by atoms with Gasteiger partial charge in [-0.15, -0.1) is 0 Å². The lowest BCUT2D eigenvalue weighted by atomic mass is 9.91. The molecule has 0 bridgehead atoms. The minimum Gasteiger partial charge on any atom is -0.506 e. The minimum atomic E-state index is -0.686. The summed E-state index contributed by atoms with van der Waals surface area (Å²) in [6.07, 6.45) is 0.144. The van der Waals surface area contributed by atoms with Gasteiger partial charge in [-0.1, -0.05) is 44.0 Å². The van der Waals surface area contributed by atoms with Crippen molar-refractivity contribution >= 4 is 11.6 Å². The molecule has 4 heteroatoms. The summed E-state index contributed by atoms with van der Waals surface area (Å²) in [4.78, 5) is 0. The van der Waals surface area contributed by atoms with Crippen LogP contribution in [0.1, 0.15) is 31.9 Å². The van der Waals surface area contributed by atoms with Gasteiger partial charge in [-0.25, -0.2) is 0 Å². The molecule has 0 aromatic heterocycles. The van der Waals surface area contributed by atoms with E-state index in [1.54, 1.807) is 18.2 Å². The Kier molecular flexibility index (Phi) is 4.59. The molecule has 0 spiro atoms. The SMILES string of the molecule is CCC(C)[C@@H](O)[C@@H](N)c1cccc(Cl)c1O. The summed E-state index contributed by atoms with van der Waals surface area (Å²) in [6.45, 7) is 3.91. The molecule has 3 nitrogen and oxygen atoms in total. The van der Waals surface area contributed by atoms with Crippen molar-refractivity contribution in [2.24, 2.45) is 11.7 Å². The van der Waals surface area contributed by atoms with Gasteiger partial charge in [0, 0.05) is 5.56 Å². The van der Waals surface area contributed by atoms with E-state index in [4.69, 9.17) is 17.3 Å². The zero-order valence-corrected chi connectivity index (χ0v) is 10.3. The summed E-state index contributed by atoms with van der Waals surface area (Å²) >= 11 is 5.79. The molecule has 0 saturated heterocycles. The third-order valence-corrected chi connectivity index (χ3v) is 3.28. The highest BCUT2D eigenvalue weighted by Crippen LogP contribution is 2.33. The zero-order chi connectivity index (χ0) is 12.3. The van der Waals surface area contributed by atoms with Crippen molar-refractivity contribution in [2.45, 2.75) is 32.4 Å². The standard InChI is InChI=1S/C12H18ClNO2/c1-3-7(2)11(15)10(14)8-5-4-6-9(13)12(8)16/h4-7,10-11,15-16H,3,14H2,1-2H3/t7?,10-,11+/m0/s1. The van der Waals surface area contributed by atoms with Gasteiger partial charge in [0.2, 0.25) is 0 Å². The summed E-state index contributed by atoms with van der Waals surface area (Å²) in [5.41, 5.74) is 6.40. The molecule has 0 aliphatic carbocycles. The summed E-state index contributed by atoms with van der Waals surface area (Å²) in [7, 11) is 0. The number of benzene rings is 1. The maximum absolute atomic E-state index is 9.98. The van der Waals surface area contributed by atoms with E-state index in [1.807, 2.05) is 13.8 Å². The zero-order valence-electron chi connectivity index (χ0n) is 9.52. The second-order valence-corrected chi connectivity index (χ2v) is 4.49. The van der Waals surface area contributed by atoms with Crippen LogP contribution in [-0.2, 0) is 0 Å². The predicted molar refractivity (Wildman–Crippen MR) is 65.5 cm³/mol. The molecule has 1 unspecified atom stereocenters. The number of hydrogen-bond acceptors (Lipinski definition) is 3. The Morgan fingerprint density at radius 3 is 2.62 bits per heavy atom. The van der Waals surface area contributed by atoms with Gasteiger partial charge in [-0.05, 0) is 12.0 Å². The Labute approximate surface area is 101 Å². The van der Waals surface area contributed by atoms with Gasteiger partial charge in [-0.3, -0.25) is 0 Å². The molecule has 1 aromatic rings. The number of aliphatic hydroxyl groups is 1. The largest absolute Gasteiger partial charge is 0.506 e. The van der Waals surface area contributed by atoms with E-state index in [1.165, 1.54) is 0 Å². The number of aliphatic hydroxyl groups excluding tert-OH is 1. The molecule has 0 fully saturated rings. The Hall–Kier alpha value is -0.770. The Morgan fingerprint density at radius 1 is 1.44 bits per heavy atom. The van der Waals surface area contributed by atoms with E-state index in [9.17, 15) is 10.2 Å². The molecule has 0 aliphatic rings. The molecule has 0 radical (unpaired) electrons. The van der Waals surface area contributed by atoms with E-state index >= 15 is 0 Å². The van der Waals surface area contributed by atoms with Crippen LogP contribution in [0, 0.1) is 5.92 Å². The van der Waals surface area contributed by atoms with Crippen molar-refractivity contribution in [3.05, 3.63) is 28.8 Å². The summed E-state index contributed by atoms with van der Waals surface area (Å²) < 4.78 is 0. The first-order valence-electron chi connectivity index (χ1n) is 5.40. The fourth-order valence-corrected chi connectivity index (χ4v) is 1.76. The van der Waals surface area contributed by atoms with Crippen LogP contribution in [0.4, 0.5) is 0 Å². The number of halogens is 1. The summed E-state index contributed by atoms with van der Waals surface area (Å²) in [6, 6.07) is 4.36. The van der Waals surface area contributed by atoms with Gasteiger partial charge in [0.1, 0.15) is 5.75 Å². The van der Waals surface area contributed by atoms with Gasteiger partial charge in [0.15, 0.2) is 0 Å². The average molecular weight is 244 g/mol. The molecular formula is C12H18ClNO2. The van der Waals surface area contributed by atoms with E-state index in [0.717, 1.165) is 6.42 Å². The van der Waals surface area contributed by atoms with Crippen LogP contribution >= 0.6 is 11.6 Å². The molecule has 16 heavy (non-hydrogen) atoms. The van der Waals surface area contributed by atoms with Crippen LogP contribution in [0.25, 0.3) is 0 Å². The first-order chi connectivity index (χ1) is 7.49. The van der Waals surface area contributed by atoms with E-state index in [0.29, 0.717) is 5.56 Å². The molecule has 1 aromatic carbocycles. The fourth-order valence-electron chi connectivity index (χ4n) is 1.58. The molecule has 0 saturated carbocycles. The highest BCUT2D eigenvalue weighted by molar-refractivity contribution is 6.32. The molecule has 4 N–H and O–H groups in total. The third kappa shape index (κ3) is 2.67. The van der Waals surface area contributed by atoms with Crippen LogP contribution < -0.4 is 5.73 Å². The van der Waals surface area contributed by atoms with Gasteiger partial charge in [-0.2, -0.15) is 0 Å². The van der Waals surface area contributed by atoms with E-state index in [2.05, 4.69) is 0 Å². The first kappa shape index (κ1) is 13.3. The van der Waals surface area contributed by atoms with Crippen molar-refractivity contribution in [3.8, 4) is 5.75 Å². The van der Waals surface area contributed by atoms with Gasteiger partial charge >= 0.3 is 0 Å². The van der Waals surface area contributed by atoms with E-state index in [-0.39, 0.29) is 16.7 Å². The smallest absolute Gasteiger partial charge is 0.139 e. The molecule has 1 rings (SSSR count). The van der Waals surface area contributed by atoms with Crippen molar-refractivity contribution < 1.29 is 10.2 Å². The van der Waals surface area contributed by atoms with Crippen molar-refractivity contribution in [3.63, 3.8) is 0 Å². The van der Waals surface area contributed by atoms with Gasteiger partial charge < -0.3 is 15.9 Å². The molecule has 0 heterocycles. The molecule has 90 valence electrons. The maximum atomic E-state index is 9.98. The average Bonchev–Trinajstić information content (AvgIpc) is 2.29. The van der Waals surface area contributed by atoms with Gasteiger partial charge in [0.25, 0.3) is 0 Å². The number of nitrogens with two attached hydrogens (primary N) is 1. The van der Waals surface area contributed by atoms with Crippen LogP contribution in [0.2, 0.25) is 5.02 Å². The highest BCUT2D eigenvalue weighted by Gasteiger charge is 2.24. The number of phenols is 1. The van der Waals surface area contributed by atoms with Crippen molar-refractivity contribution in [1.29, 1.82) is 0 Å². The van der Waals surface area contributed by atoms with Crippen molar-refractivity contribution in [1.82, 2.24) is 0 Å². The number of rotatable bonds is 4. The highest BCUT2D eigenvalue weighted by atomic mass is 35.5. The molecule has 3 atom stereocenters. The van der Waals surface area contributed by atoms with Crippen LogP contribution in [0.5, 0.6) is 5.75 Å². The number of aromatic hydroxyl groups is 1. The lowest BCUT2D eigenvalue weighted by Crippen LogP contribution is -2.31. The normalized spacial score (nSPS) is 16.8. The topological polar surface area (TPSA) is 66.5 Å². The lowest BCUT2D eigenvalue weighted by molar-refractivity contribution is 0.0871. The maximum Gasteiger partial charge on any atom is 0.139 e. The molecule has 0 amide bonds. The van der Waals surface area contributed by atoms with Crippen LogP contribution in [0.15, 0.2) is 18.2 Å². The third-order valence-electron chi connectivity index (χ3n) is 2.97. The minimum absolute atomic E-state index is 0.0426. The Balaban J connectivity index is 2.96. The Morgan fingerprint density at radius 2 is 2.06 bits per heavy atom. The Bertz CT molecular complexity index is 357. The number of hydrogen-bond donors (Lipinski definition) is 3. The predicted octanol–water partition coefficient (Wildman–Crippen LogP) is 2.45. The lowest BCUT2D eigenvalue weighted by Gasteiger charge is -2.24. The first-order valence-corrected chi connectivity index (χ1v) is 5.77. The summed E-state index contributed by atoms with van der Waals surface area (Å²) in [5.74, 6) is 0.0346. The van der Waals surface area contributed by atoms with Crippen molar-refractivity contribution in [2.75, 3.05) is 0 Å². The molecular weight excluding hydrogens is 226 g/mol. The van der Waals surface area contributed by atoms with Crippen LogP contribution in [-0.4, -0.2) is 16.3 Å². The number of para-hydroxylation sites is 1. The molecule has 0 aliphatic heterocycles. The fraction of sp³-hybridized carbons (Fsp3) is 0.500. The second kappa shape index (κ2) is 5.53. The van der Waals surface area contributed by atoms with Gasteiger partial charge in [0.05, 0.1) is 17.2 Å². The van der Waals surface area contributed by atoms with Crippen LogP contribution in [0.3, 0.4) is 0 Å². The quantitative estimate of drug-likeness (QED) is 0.761. The monoisotopic (exact) mass is 243 g/mol. The number of phenolic OH excluding ortho intramolecular Hbond substituents is 1. The second-order valence-electron chi connectivity index (χ2n) is 4.08.